The Morgan fingerprint density at radius 3 is 2.30 bits per heavy atom. The van der Waals surface area contributed by atoms with Crippen molar-refractivity contribution in [1.29, 1.82) is 0 Å². The van der Waals surface area contributed by atoms with Gasteiger partial charge in [0.25, 0.3) is 0 Å². The molecule has 1 aromatic heterocycles. The first kappa shape index (κ1) is 15.0. The Hall–Kier alpha value is -1.53. The van der Waals surface area contributed by atoms with Gasteiger partial charge in [-0.1, -0.05) is 0 Å². The second kappa shape index (κ2) is 4.51. The quantitative estimate of drug-likeness (QED) is 0.798. The average Bonchev–Trinajstić information content (AvgIpc) is 3.21. The lowest BCUT2D eigenvalue weighted by atomic mass is 9.74. The molecule has 2 aliphatic rings. The van der Waals surface area contributed by atoms with E-state index >= 15 is 0 Å². The zero-order chi connectivity index (χ0) is 16.6. The maximum absolute atomic E-state index is 11.8. The third kappa shape index (κ3) is 2.19. The summed E-state index contributed by atoms with van der Waals surface area (Å²) in [5.74, 6) is 0.186. The van der Waals surface area contributed by atoms with E-state index in [1.54, 1.807) is 11.6 Å². The Bertz CT molecular complexity index is 828. The van der Waals surface area contributed by atoms with Crippen LogP contribution < -0.4 is 11.2 Å². The van der Waals surface area contributed by atoms with Crippen LogP contribution in [-0.2, 0) is 16.4 Å². The molecule has 122 valence electrons. The summed E-state index contributed by atoms with van der Waals surface area (Å²) in [5.41, 5.74) is 2.86. The van der Waals surface area contributed by atoms with Crippen LogP contribution in [0.1, 0.15) is 52.0 Å². The molecule has 6 heteroatoms. The molecule has 23 heavy (non-hydrogen) atoms. The fourth-order valence-corrected chi connectivity index (χ4v) is 3.13. The van der Waals surface area contributed by atoms with Crippen LogP contribution in [0.2, 0.25) is 0 Å². The highest BCUT2D eigenvalue weighted by molar-refractivity contribution is 6.63. The van der Waals surface area contributed by atoms with Gasteiger partial charge in [-0.2, -0.15) is 0 Å². The van der Waals surface area contributed by atoms with Crippen LogP contribution in [-0.4, -0.2) is 22.9 Å². The number of aryl methyl sites for hydroxylation is 1. The summed E-state index contributed by atoms with van der Waals surface area (Å²) in [6.07, 6.45) is 2.34. The van der Waals surface area contributed by atoms with Gasteiger partial charge in [0.2, 0.25) is 0 Å². The normalized spacial score (nSPS) is 22.9. The molecule has 0 bridgehead atoms. The summed E-state index contributed by atoms with van der Waals surface area (Å²) in [4.78, 5) is 11.8. The lowest BCUT2D eigenvalue weighted by molar-refractivity contribution is 0.00578. The van der Waals surface area contributed by atoms with Crippen LogP contribution in [0.3, 0.4) is 0 Å². The van der Waals surface area contributed by atoms with Crippen molar-refractivity contribution in [3.63, 3.8) is 0 Å². The average molecular weight is 315 g/mol. The number of aromatic nitrogens is 1. The minimum atomic E-state index is -0.425. The molecule has 0 radical (unpaired) electrons. The number of oxazole rings is 1. The second-order valence-electron chi connectivity index (χ2n) is 7.74. The molecule has 1 aliphatic heterocycles. The van der Waals surface area contributed by atoms with Crippen LogP contribution in [0, 0.1) is 0 Å². The van der Waals surface area contributed by atoms with Crippen molar-refractivity contribution in [2.24, 2.45) is 7.05 Å². The van der Waals surface area contributed by atoms with Crippen molar-refractivity contribution >= 4 is 23.7 Å². The maximum atomic E-state index is 11.8. The first-order valence-corrected chi connectivity index (χ1v) is 8.18. The summed E-state index contributed by atoms with van der Waals surface area (Å²) in [5, 5.41) is 0. The highest BCUT2D eigenvalue weighted by Gasteiger charge is 2.52. The fraction of sp³-hybridized carbons (Fsp3) is 0.588. The summed E-state index contributed by atoms with van der Waals surface area (Å²) < 4.78 is 19.3. The zero-order valence-corrected chi connectivity index (χ0v) is 14.3. The Kier molecular flexibility index (Phi) is 2.95. The van der Waals surface area contributed by atoms with E-state index in [1.807, 2.05) is 33.8 Å². The second-order valence-corrected chi connectivity index (χ2v) is 7.74. The van der Waals surface area contributed by atoms with Gasteiger partial charge < -0.3 is 13.7 Å². The van der Waals surface area contributed by atoms with Gasteiger partial charge in [0.05, 0.1) is 16.7 Å². The number of nitrogens with zero attached hydrogens (tertiary/aromatic N) is 1. The molecule has 0 N–H and O–H groups in total. The van der Waals surface area contributed by atoms with Crippen molar-refractivity contribution in [2.45, 2.75) is 57.7 Å². The molecule has 5 nitrogen and oxygen atoms in total. The van der Waals surface area contributed by atoms with E-state index in [-0.39, 0.29) is 17.0 Å². The molecular formula is C17H22BNO4. The Balaban J connectivity index is 1.86. The molecule has 2 heterocycles. The third-order valence-electron chi connectivity index (χ3n) is 5.52. The summed E-state index contributed by atoms with van der Waals surface area (Å²) >= 11 is 0. The van der Waals surface area contributed by atoms with Gasteiger partial charge in [-0.15, -0.1) is 0 Å². The predicted molar refractivity (Wildman–Crippen MR) is 89.1 cm³/mol. The number of benzene rings is 1. The van der Waals surface area contributed by atoms with Crippen LogP contribution in [0.15, 0.2) is 21.3 Å². The smallest absolute Gasteiger partial charge is 0.408 e. The zero-order valence-electron chi connectivity index (χ0n) is 14.3. The fourth-order valence-electron chi connectivity index (χ4n) is 3.13. The predicted octanol–water partition coefficient (Wildman–Crippen LogP) is 2.31. The van der Waals surface area contributed by atoms with E-state index in [9.17, 15) is 4.79 Å². The minimum absolute atomic E-state index is 0.340. The third-order valence-corrected chi connectivity index (χ3v) is 5.52. The van der Waals surface area contributed by atoms with Crippen LogP contribution >= 0.6 is 0 Å². The molecule has 1 aliphatic carbocycles. The first-order chi connectivity index (χ1) is 10.7. The van der Waals surface area contributed by atoms with E-state index in [0.717, 1.165) is 11.0 Å². The van der Waals surface area contributed by atoms with E-state index in [4.69, 9.17) is 13.7 Å². The van der Waals surface area contributed by atoms with Gasteiger partial charge in [-0.05, 0) is 69.6 Å². The van der Waals surface area contributed by atoms with Gasteiger partial charge >= 0.3 is 12.9 Å². The topological polar surface area (TPSA) is 53.6 Å². The number of hydrogen-bond acceptors (Lipinski definition) is 4. The van der Waals surface area contributed by atoms with Crippen molar-refractivity contribution in [2.75, 3.05) is 0 Å². The van der Waals surface area contributed by atoms with Crippen molar-refractivity contribution < 1.29 is 13.7 Å². The highest BCUT2D eigenvalue weighted by atomic mass is 16.7. The number of hydrogen-bond donors (Lipinski definition) is 0. The Morgan fingerprint density at radius 2 is 1.74 bits per heavy atom. The standard InChI is InChI=1S/C17H22BNO4/c1-16(2)17(3,4)23-18(22-16)12-9-14-13(19(5)15(20)21-14)8-11(12)10-6-7-10/h8-10H,6-7H2,1-5H3. The van der Waals surface area contributed by atoms with E-state index in [0.29, 0.717) is 11.5 Å². The molecule has 0 amide bonds. The van der Waals surface area contributed by atoms with Crippen molar-refractivity contribution in [3.05, 3.63) is 28.2 Å². The van der Waals surface area contributed by atoms with E-state index in [1.165, 1.54) is 18.4 Å². The molecule has 0 spiro atoms. The first-order valence-electron chi connectivity index (χ1n) is 8.18. The van der Waals surface area contributed by atoms with E-state index in [2.05, 4.69) is 6.07 Å². The largest absolute Gasteiger partial charge is 0.495 e. The number of rotatable bonds is 2. The minimum Gasteiger partial charge on any atom is -0.408 e. The Labute approximate surface area is 135 Å². The highest BCUT2D eigenvalue weighted by Crippen LogP contribution is 2.42. The molecule has 1 aromatic carbocycles. The monoisotopic (exact) mass is 315 g/mol. The summed E-state index contributed by atoms with van der Waals surface area (Å²) in [6, 6.07) is 3.99. The molecule has 2 aromatic rings. The molecule has 1 saturated carbocycles. The van der Waals surface area contributed by atoms with Crippen LogP contribution in [0.4, 0.5) is 0 Å². The molecule has 0 atom stereocenters. The van der Waals surface area contributed by atoms with E-state index < -0.39 is 7.12 Å². The van der Waals surface area contributed by atoms with Crippen LogP contribution in [0.25, 0.3) is 11.1 Å². The Morgan fingerprint density at radius 1 is 1.13 bits per heavy atom. The van der Waals surface area contributed by atoms with Gasteiger partial charge in [0, 0.05) is 7.05 Å². The van der Waals surface area contributed by atoms with Gasteiger partial charge in [0.15, 0.2) is 5.58 Å². The van der Waals surface area contributed by atoms with Crippen molar-refractivity contribution in [3.8, 4) is 0 Å². The maximum Gasteiger partial charge on any atom is 0.495 e. The lowest BCUT2D eigenvalue weighted by Gasteiger charge is -2.32. The SMILES string of the molecule is Cn1c(=O)oc2cc(B3OC(C)(C)C(C)(C)O3)c(C3CC3)cc21. The van der Waals surface area contributed by atoms with Gasteiger partial charge in [-0.3, -0.25) is 4.57 Å². The molecule has 4 rings (SSSR count). The molecular weight excluding hydrogens is 293 g/mol. The van der Waals surface area contributed by atoms with Crippen LogP contribution in [0.5, 0.6) is 0 Å². The molecule has 2 fully saturated rings. The summed E-state index contributed by atoms with van der Waals surface area (Å²) in [6.45, 7) is 8.19. The lowest BCUT2D eigenvalue weighted by Crippen LogP contribution is -2.41. The van der Waals surface area contributed by atoms with Gasteiger partial charge in [-0.25, -0.2) is 4.79 Å². The molecule has 0 unspecified atom stereocenters. The number of fused-ring (bicyclic) bond motifs is 1. The van der Waals surface area contributed by atoms with Gasteiger partial charge in [0.1, 0.15) is 0 Å². The summed E-state index contributed by atoms with van der Waals surface area (Å²) in [7, 11) is 1.31. The molecule has 1 saturated heterocycles. The van der Waals surface area contributed by atoms with Crippen molar-refractivity contribution in [1.82, 2.24) is 4.57 Å².